The molecule has 0 saturated carbocycles. The minimum atomic E-state index is -0.217. The number of carbonyl (C=O) groups is 1. The highest BCUT2D eigenvalue weighted by Crippen LogP contribution is 2.11. The molecule has 28 heavy (non-hydrogen) atoms. The summed E-state index contributed by atoms with van der Waals surface area (Å²) in [4.78, 5) is 16.6. The van der Waals surface area contributed by atoms with Crippen molar-refractivity contribution in [1.29, 1.82) is 0 Å². The molecule has 0 bridgehead atoms. The van der Waals surface area contributed by atoms with Crippen molar-refractivity contribution in [1.82, 2.24) is 10.3 Å². The molecule has 0 saturated heterocycles. The van der Waals surface area contributed by atoms with Crippen molar-refractivity contribution in [3.8, 4) is 0 Å². The van der Waals surface area contributed by atoms with Gasteiger partial charge in [0.05, 0.1) is 0 Å². The fourth-order valence-electron chi connectivity index (χ4n) is 2.77. The predicted octanol–water partition coefficient (Wildman–Crippen LogP) is 4.50. The fourth-order valence-corrected chi connectivity index (χ4v) is 2.89. The van der Waals surface area contributed by atoms with E-state index in [1.54, 1.807) is 30.5 Å². The van der Waals surface area contributed by atoms with Crippen molar-refractivity contribution < 1.29 is 9.18 Å². The zero-order valence-electron chi connectivity index (χ0n) is 15.3. The van der Waals surface area contributed by atoms with E-state index >= 15 is 0 Å². The van der Waals surface area contributed by atoms with Crippen LogP contribution in [-0.4, -0.2) is 24.0 Å². The second kappa shape index (κ2) is 9.85. The summed E-state index contributed by atoms with van der Waals surface area (Å²) in [5.41, 5.74) is 2.28. The van der Waals surface area contributed by atoms with Gasteiger partial charge in [-0.25, -0.2) is 9.37 Å². The quantitative estimate of drug-likeness (QED) is 0.588. The molecule has 0 atom stereocenters. The lowest BCUT2D eigenvalue weighted by Crippen LogP contribution is -2.25. The number of rotatable bonds is 8. The van der Waals surface area contributed by atoms with Crippen molar-refractivity contribution in [2.24, 2.45) is 0 Å². The van der Waals surface area contributed by atoms with Crippen molar-refractivity contribution >= 4 is 23.3 Å². The Morgan fingerprint density at radius 3 is 2.57 bits per heavy atom. The normalized spacial score (nSPS) is 10.5. The van der Waals surface area contributed by atoms with E-state index in [1.165, 1.54) is 6.07 Å². The molecule has 2 N–H and O–H groups in total. The molecule has 1 heterocycles. The van der Waals surface area contributed by atoms with E-state index in [0.29, 0.717) is 41.5 Å². The molecule has 3 rings (SSSR count). The van der Waals surface area contributed by atoms with Crippen LogP contribution in [0.25, 0.3) is 0 Å². The molecule has 0 unspecified atom stereocenters. The highest BCUT2D eigenvalue weighted by molar-refractivity contribution is 6.30. The molecule has 2 aromatic carbocycles. The van der Waals surface area contributed by atoms with Gasteiger partial charge in [0.25, 0.3) is 5.91 Å². The molecular formula is C22H21ClFN3O. The van der Waals surface area contributed by atoms with Crippen LogP contribution in [0.2, 0.25) is 5.02 Å². The van der Waals surface area contributed by atoms with Crippen molar-refractivity contribution in [3.63, 3.8) is 0 Å². The SMILES string of the molecule is O=C(NCCc1ccc(Cl)cc1)c1ccnc(NCCc2ccccc2F)c1. The number of anilines is 1. The van der Waals surface area contributed by atoms with E-state index < -0.39 is 0 Å². The molecule has 4 nitrogen and oxygen atoms in total. The summed E-state index contributed by atoms with van der Waals surface area (Å²) >= 11 is 5.87. The van der Waals surface area contributed by atoms with Crippen LogP contribution in [0.15, 0.2) is 66.9 Å². The van der Waals surface area contributed by atoms with Crippen LogP contribution in [-0.2, 0) is 12.8 Å². The number of benzene rings is 2. The Balaban J connectivity index is 1.48. The molecule has 6 heteroatoms. The number of amides is 1. The van der Waals surface area contributed by atoms with Gasteiger partial charge in [-0.2, -0.15) is 0 Å². The summed E-state index contributed by atoms with van der Waals surface area (Å²) in [7, 11) is 0. The summed E-state index contributed by atoms with van der Waals surface area (Å²) < 4.78 is 13.6. The Morgan fingerprint density at radius 1 is 1.00 bits per heavy atom. The predicted molar refractivity (Wildman–Crippen MR) is 110 cm³/mol. The van der Waals surface area contributed by atoms with Crippen LogP contribution < -0.4 is 10.6 Å². The van der Waals surface area contributed by atoms with Crippen LogP contribution >= 0.6 is 11.6 Å². The van der Waals surface area contributed by atoms with Crippen LogP contribution in [0, 0.1) is 5.82 Å². The number of pyridine rings is 1. The van der Waals surface area contributed by atoms with Gasteiger partial charge in [0.15, 0.2) is 0 Å². The molecule has 144 valence electrons. The maximum atomic E-state index is 13.6. The number of halogens is 2. The van der Waals surface area contributed by atoms with Gasteiger partial charge in [-0.15, -0.1) is 0 Å². The van der Waals surface area contributed by atoms with E-state index in [9.17, 15) is 9.18 Å². The Kier molecular flexibility index (Phi) is 6.98. The van der Waals surface area contributed by atoms with Crippen molar-refractivity contribution in [2.75, 3.05) is 18.4 Å². The lowest BCUT2D eigenvalue weighted by molar-refractivity contribution is 0.0954. The third-order valence-electron chi connectivity index (χ3n) is 4.29. The molecule has 0 aliphatic heterocycles. The van der Waals surface area contributed by atoms with Crippen molar-refractivity contribution in [2.45, 2.75) is 12.8 Å². The molecule has 1 amide bonds. The van der Waals surface area contributed by atoms with Gasteiger partial charge in [0, 0.05) is 29.9 Å². The summed E-state index contributed by atoms with van der Waals surface area (Å²) in [5, 5.41) is 6.73. The van der Waals surface area contributed by atoms with E-state index in [-0.39, 0.29) is 11.7 Å². The van der Waals surface area contributed by atoms with Crippen LogP contribution in [0.5, 0.6) is 0 Å². The molecule has 1 aromatic heterocycles. The first-order valence-electron chi connectivity index (χ1n) is 9.08. The summed E-state index contributed by atoms with van der Waals surface area (Å²) in [6.45, 7) is 1.05. The monoisotopic (exact) mass is 397 g/mol. The standard InChI is InChI=1S/C22H21ClFN3O/c23-19-7-5-16(6-8-19)9-12-27-22(28)18-11-14-26-21(15-18)25-13-10-17-3-1-2-4-20(17)24/h1-8,11,14-15H,9-10,12-13H2,(H,25,26)(H,27,28). The lowest BCUT2D eigenvalue weighted by atomic mass is 10.1. The Morgan fingerprint density at radius 2 is 1.79 bits per heavy atom. The fraction of sp³-hybridized carbons (Fsp3) is 0.182. The van der Waals surface area contributed by atoms with Gasteiger partial charge < -0.3 is 10.6 Å². The number of nitrogens with zero attached hydrogens (tertiary/aromatic N) is 1. The zero-order valence-corrected chi connectivity index (χ0v) is 16.0. The van der Waals surface area contributed by atoms with E-state index in [2.05, 4.69) is 15.6 Å². The minimum absolute atomic E-state index is 0.159. The Labute approximate surface area is 168 Å². The van der Waals surface area contributed by atoms with Crippen molar-refractivity contribution in [3.05, 3.63) is 94.4 Å². The highest BCUT2D eigenvalue weighted by atomic mass is 35.5. The molecule has 0 aliphatic carbocycles. The van der Waals surface area contributed by atoms with Gasteiger partial charge in [-0.05, 0) is 54.3 Å². The third-order valence-corrected chi connectivity index (χ3v) is 4.54. The largest absolute Gasteiger partial charge is 0.370 e. The molecule has 0 aliphatic rings. The first-order valence-corrected chi connectivity index (χ1v) is 9.45. The second-order valence-corrected chi connectivity index (χ2v) is 6.77. The van der Waals surface area contributed by atoms with E-state index in [0.717, 1.165) is 12.0 Å². The number of nitrogens with one attached hydrogen (secondary N) is 2. The highest BCUT2D eigenvalue weighted by Gasteiger charge is 2.07. The first-order chi connectivity index (χ1) is 13.6. The number of aromatic nitrogens is 1. The van der Waals surface area contributed by atoms with Gasteiger partial charge in [-0.3, -0.25) is 4.79 Å². The molecule has 3 aromatic rings. The Bertz CT molecular complexity index is 931. The molecular weight excluding hydrogens is 377 g/mol. The number of hydrogen-bond acceptors (Lipinski definition) is 3. The topological polar surface area (TPSA) is 54.0 Å². The molecule has 0 spiro atoms. The average Bonchev–Trinajstić information content (AvgIpc) is 2.71. The number of hydrogen-bond donors (Lipinski definition) is 2. The molecule has 0 radical (unpaired) electrons. The second-order valence-electron chi connectivity index (χ2n) is 6.33. The summed E-state index contributed by atoms with van der Waals surface area (Å²) in [5.74, 6) is 0.210. The van der Waals surface area contributed by atoms with E-state index in [1.807, 2.05) is 30.3 Å². The van der Waals surface area contributed by atoms with Crippen LogP contribution in [0.4, 0.5) is 10.2 Å². The lowest BCUT2D eigenvalue weighted by Gasteiger charge is -2.09. The summed E-state index contributed by atoms with van der Waals surface area (Å²) in [6, 6.07) is 17.6. The van der Waals surface area contributed by atoms with Gasteiger partial charge in [-0.1, -0.05) is 41.9 Å². The molecule has 0 fully saturated rings. The summed E-state index contributed by atoms with van der Waals surface area (Å²) in [6.07, 6.45) is 2.84. The maximum Gasteiger partial charge on any atom is 0.251 e. The van der Waals surface area contributed by atoms with Gasteiger partial charge in [0.2, 0.25) is 0 Å². The smallest absolute Gasteiger partial charge is 0.251 e. The maximum absolute atomic E-state index is 13.6. The average molecular weight is 398 g/mol. The van der Waals surface area contributed by atoms with Crippen LogP contribution in [0.1, 0.15) is 21.5 Å². The van der Waals surface area contributed by atoms with E-state index in [4.69, 9.17) is 11.6 Å². The third kappa shape index (κ3) is 5.79. The van der Waals surface area contributed by atoms with Crippen LogP contribution in [0.3, 0.4) is 0 Å². The Hall–Kier alpha value is -2.92. The van der Waals surface area contributed by atoms with Gasteiger partial charge in [0.1, 0.15) is 11.6 Å². The number of carbonyl (C=O) groups excluding carboxylic acids is 1. The minimum Gasteiger partial charge on any atom is -0.370 e. The first kappa shape index (κ1) is 19.8. The zero-order chi connectivity index (χ0) is 19.8. The van der Waals surface area contributed by atoms with Gasteiger partial charge >= 0.3 is 0 Å².